The molecule has 5 nitrogen and oxygen atoms in total. The molecular formula is C20H17ClN4O. The first kappa shape index (κ1) is 16.5. The molecule has 1 aromatic heterocycles. The Labute approximate surface area is 156 Å². The maximum Gasteiger partial charge on any atom is 0.274 e. The van der Waals surface area contributed by atoms with Crippen molar-refractivity contribution in [1.82, 2.24) is 9.97 Å². The van der Waals surface area contributed by atoms with Gasteiger partial charge in [0.25, 0.3) is 5.91 Å². The standard InChI is InChI=1S/C20H17ClN4O/c21-16-7-3-4-8-17(16)24-20(26)18-11-19(23-13-22-18)25-10-9-14-5-1-2-6-15(14)12-25/h1-8,11,13H,9-10,12H2,(H,24,26). The number of hydrogen-bond acceptors (Lipinski definition) is 4. The molecule has 0 saturated heterocycles. The summed E-state index contributed by atoms with van der Waals surface area (Å²) in [5.74, 6) is 0.443. The van der Waals surface area contributed by atoms with Crippen LogP contribution in [0.15, 0.2) is 60.9 Å². The molecule has 6 heteroatoms. The van der Waals surface area contributed by atoms with Gasteiger partial charge in [0.1, 0.15) is 17.8 Å². The van der Waals surface area contributed by atoms with Gasteiger partial charge in [-0.3, -0.25) is 4.79 Å². The number of anilines is 2. The van der Waals surface area contributed by atoms with Gasteiger partial charge in [0.05, 0.1) is 10.7 Å². The molecule has 0 aliphatic carbocycles. The van der Waals surface area contributed by atoms with Crippen molar-refractivity contribution in [3.8, 4) is 0 Å². The van der Waals surface area contributed by atoms with E-state index in [1.54, 1.807) is 18.2 Å². The topological polar surface area (TPSA) is 58.1 Å². The molecule has 0 spiro atoms. The van der Waals surface area contributed by atoms with Gasteiger partial charge in [-0.25, -0.2) is 9.97 Å². The first-order valence-corrected chi connectivity index (χ1v) is 8.78. The fourth-order valence-corrected chi connectivity index (χ4v) is 3.27. The van der Waals surface area contributed by atoms with E-state index >= 15 is 0 Å². The minimum Gasteiger partial charge on any atom is -0.352 e. The molecule has 2 heterocycles. The lowest BCUT2D eigenvalue weighted by molar-refractivity contribution is 0.102. The average molecular weight is 365 g/mol. The highest BCUT2D eigenvalue weighted by molar-refractivity contribution is 6.33. The van der Waals surface area contributed by atoms with Gasteiger partial charge in [-0.1, -0.05) is 48.0 Å². The first-order chi connectivity index (χ1) is 12.7. The van der Waals surface area contributed by atoms with E-state index in [4.69, 9.17) is 11.6 Å². The SMILES string of the molecule is O=C(Nc1ccccc1Cl)c1cc(N2CCc3ccccc3C2)ncn1. The maximum atomic E-state index is 12.5. The van der Waals surface area contributed by atoms with Crippen molar-refractivity contribution < 1.29 is 4.79 Å². The van der Waals surface area contributed by atoms with E-state index in [9.17, 15) is 4.79 Å². The molecule has 0 fully saturated rings. The molecule has 0 saturated carbocycles. The van der Waals surface area contributed by atoms with E-state index in [1.165, 1.54) is 17.5 Å². The van der Waals surface area contributed by atoms with Gasteiger partial charge >= 0.3 is 0 Å². The molecule has 26 heavy (non-hydrogen) atoms. The van der Waals surface area contributed by atoms with E-state index in [1.807, 2.05) is 18.2 Å². The van der Waals surface area contributed by atoms with Crippen molar-refractivity contribution >= 4 is 29.0 Å². The summed E-state index contributed by atoms with van der Waals surface area (Å²) < 4.78 is 0. The lowest BCUT2D eigenvalue weighted by Crippen LogP contribution is -2.31. The molecule has 0 radical (unpaired) electrons. The molecule has 4 rings (SSSR count). The van der Waals surface area contributed by atoms with Crippen molar-refractivity contribution in [1.29, 1.82) is 0 Å². The largest absolute Gasteiger partial charge is 0.352 e. The van der Waals surface area contributed by atoms with Crippen molar-refractivity contribution in [3.05, 3.63) is 82.8 Å². The van der Waals surface area contributed by atoms with Crippen molar-refractivity contribution in [3.63, 3.8) is 0 Å². The van der Waals surface area contributed by atoms with Crippen molar-refractivity contribution in [2.45, 2.75) is 13.0 Å². The van der Waals surface area contributed by atoms with Gasteiger partial charge < -0.3 is 10.2 Å². The van der Waals surface area contributed by atoms with Crippen LogP contribution in [0.1, 0.15) is 21.6 Å². The monoisotopic (exact) mass is 364 g/mol. The Bertz CT molecular complexity index is 960. The van der Waals surface area contributed by atoms with Crippen LogP contribution in [0.5, 0.6) is 0 Å². The maximum absolute atomic E-state index is 12.5. The molecule has 1 aliphatic heterocycles. The van der Waals surface area contributed by atoms with E-state index in [0.29, 0.717) is 16.4 Å². The average Bonchev–Trinajstić information content (AvgIpc) is 2.69. The molecular weight excluding hydrogens is 348 g/mol. The van der Waals surface area contributed by atoms with Crippen LogP contribution >= 0.6 is 11.6 Å². The van der Waals surface area contributed by atoms with Gasteiger partial charge in [-0.05, 0) is 29.7 Å². The lowest BCUT2D eigenvalue weighted by atomic mass is 10.00. The quantitative estimate of drug-likeness (QED) is 0.764. The van der Waals surface area contributed by atoms with Crippen LogP contribution in [0.4, 0.5) is 11.5 Å². The summed E-state index contributed by atoms with van der Waals surface area (Å²) in [6.45, 7) is 1.64. The Morgan fingerprint density at radius 2 is 1.81 bits per heavy atom. The molecule has 0 unspecified atom stereocenters. The summed E-state index contributed by atoms with van der Waals surface area (Å²) in [6.07, 6.45) is 2.39. The Morgan fingerprint density at radius 1 is 1.04 bits per heavy atom. The van der Waals surface area contributed by atoms with Gasteiger partial charge in [-0.2, -0.15) is 0 Å². The molecule has 2 aromatic carbocycles. The van der Waals surface area contributed by atoms with Crippen molar-refractivity contribution in [2.75, 3.05) is 16.8 Å². The van der Waals surface area contributed by atoms with Gasteiger partial charge in [0.2, 0.25) is 0 Å². The van der Waals surface area contributed by atoms with Crippen LogP contribution in [-0.2, 0) is 13.0 Å². The van der Waals surface area contributed by atoms with Crippen molar-refractivity contribution in [2.24, 2.45) is 0 Å². The number of hydrogen-bond donors (Lipinski definition) is 1. The number of nitrogens with one attached hydrogen (secondary N) is 1. The summed E-state index contributed by atoms with van der Waals surface area (Å²) in [5.41, 5.74) is 3.54. The van der Waals surface area contributed by atoms with Gasteiger partial charge in [-0.15, -0.1) is 0 Å². The molecule has 130 valence electrons. The second-order valence-electron chi connectivity index (χ2n) is 6.14. The molecule has 0 bridgehead atoms. The minimum atomic E-state index is -0.306. The van der Waals surface area contributed by atoms with Gasteiger partial charge in [0.15, 0.2) is 0 Å². The van der Waals surface area contributed by atoms with E-state index in [-0.39, 0.29) is 5.91 Å². The molecule has 0 atom stereocenters. The number of para-hydroxylation sites is 1. The fraction of sp³-hybridized carbons (Fsp3) is 0.150. The number of halogens is 1. The molecule has 3 aromatic rings. The number of carbonyl (C=O) groups is 1. The zero-order chi connectivity index (χ0) is 17.9. The highest BCUT2D eigenvalue weighted by Gasteiger charge is 2.19. The molecule has 1 N–H and O–H groups in total. The molecule has 1 aliphatic rings. The van der Waals surface area contributed by atoms with Crippen LogP contribution in [0.25, 0.3) is 0 Å². The van der Waals surface area contributed by atoms with Crippen LogP contribution in [0.3, 0.4) is 0 Å². The normalized spacial score (nSPS) is 13.2. The zero-order valence-corrected chi connectivity index (χ0v) is 14.8. The van der Waals surface area contributed by atoms with Crippen LogP contribution in [0.2, 0.25) is 5.02 Å². The van der Waals surface area contributed by atoms with E-state index < -0.39 is 0 Å². The highest BCUT2D eigenvalue weighted by Crippen LogP contribution is 2.24. The Hall–Kier alpha value is -2.92. The van der Waals surface area contributed by atoms with E-state index in [2.05, 4.69) is 38.4 Å². The number of rotatable bonds is 3. The van der Waals surface area contributed by atoms with Crippen LogP contribution < -0.4 is 10.2 Å². The second kappa shape index (κ2) is 7.14. The number of carbonyl (C=O) groups excluding carboxylic acids is 1. The smallest absolute Gasteiger partial charge is 0.274 e. The van der Waals surface area contributed by atoms with Crippen LogP contribution in [-0.4, -0.2) is 22.4 Å². The minimum absolute atomic E-state index is 0.306. The third kappa shape index (κ3) is 3.39. The van der Waals surface area contributed by atoms with Crippen LogP contribution in [0, 0.1) is 0 Å². The van der Waals surface area contributed by atoms with Gasteiger partial charge in [0, 0.05) is 19.2 Å². The Morgan fingerprint density at radius 3 is 2.65 bits per heavy atom. The third-order valence-corrected chi connectivity index (χ3v) is 4.79. The number of amides is 1. The predicted molar refractivity (Wildman–Crippen MR) is 103 cm³/mol. The highest BCUT2D eigenvalue weighted by atomic mass is 35.5. The summed E-state index contributed by atoms with van der Waals surface area (Å²) >= 11 is 6.10. The summed E-state index contributed by atoms with van der Waals surface area (Å²) in [5, 5.41) is 3.28. The summed E-state index contributed by atoms with van der Waals surface area (Å²) in [4.78, 5) is 23.1. The number of nitrogens with zero attached hydrogens (tertiary/aromatic N) is 3. The third-order valence-electron chi connectivity index (χ3n) is 4.46. The number of aromatic nitrogens is 2. The molecule has 1 amide bonds. The number of fused-ring (bicyclic) bond motifs is 1. The van der Waals surface area contributed by atoms with E-state index in [0.717, 1.165) is 25.3 Å². The summed E-state index contributed by atoms with van der Waals surface area (Å²) in [6, 6.07) is 17.2. The fourth-order valence-electron chi connectivity index (χ4n) is 3.08. The second-order valence-corrected chi connectivity index (χ2v) is 6.54. The summed E-state index contributed by atoms with van der Waals surface area (Å²) in [7, 11) is 0. The number of benzene rings is 2. The predicted octanol–water partition coefficient (Wildman–Crippen LogP) is 3.95. The Balaban J connectivity index is 1.54. The lowest BCUT2D eigenvalue weighted by Gasteiger charge is -2.29. The first-order valence-electron chi connectivity index (χ1n) is 8.40. The zero-order valence-electron chi connectivity index (χ0n) is 14.0. The Kier molecular flexibility index (Phi) is 4.54.